The van der Waals surface area contributed by atoms with Gasteiger partial charge >= 0.3 is 5.97 Å². The van der Waals surface area contributed by atoms with Gasteiger partial charge in [-0.25, -0.2) is 0 Å². The molecular weight excluding hydrogens is 220 g/mol. The van der Waals surface area contributed by atoms with Crippen LogP contribution in [-0.2, 0) is 14.3 Å². The summed E-state index contributed by atoms with van der Waals surface area (Å²) in [6, 6.07) is 0. The van der Waals surface area contributed by atoms with Crippen molar-refractivity contribution in [3.63, 3.8) is 0 Å². The van der Waals surface area contributed by atoms with E-state index in [0.29, 0.717) is 19.7 Å². The third-order valence-corrected chi connectivity index (χ3v) is 1.98. The molecule has 0 rings (SSSR count). The Labute approximate surface area is 103 Å². The van der Waals surface area contributed by atoms with Crippen LogP contribution in [-0.4, -0.2) is 49.6 Å². The van der Waals surface area contributed by atoms with Crippen molar-refractivity contribution in [2.45, 2.75) is 20.3 Å². The second-order valence-corrected chi connectivity index (χ2v) is 3.61. The van der Waals surface area contributed by atoms with E-state index in [1.54, 1.807) is 17.9 Å². The van der Waals surface area contributed by atoms with E-state index in [2.05, 4.69) is 11.9 Å². The van der Waals surface area contributed by atoms with Gasteiger partial charge < -0.3 is 10.1 Å². The largest absolute Gasteiger partial charge is 0.465 e. The molecule has 0 radical (unpaired) electrons. The summed E-state index contributed by atoms with van der Waals surface area (Å²) in [5.74, 6) is -0.407. The molecule has 0 bridgehead atoms. The predicted octanol–water partition coefficient (Wildman–Crippen LogP) is 0.564. The van der Waals surface area contributed by atoms with Crippen molar-refractivity contribution in [2.75, 3.05) is 32.8 Å². The summed E-state index contributed by atoms with van der Waals surface area (Å²) in [4.78, 5) is 24.5. The second-order valence-electron chi connectivity index (χ2n) is 3.61. The van der Waals surface area contributed by atoms with Gasteiger partial charge in [-0.15, -0.1) is 6.58 Å². The Kier molecular flexibility index (Phi) is 9.05. The molecule has 0 aliphatic rings. The fraction of sp³-hybridized carbons (Fsp3) is 0.667. The molecule has 0 aliphatic carbocycles. The normalized spacial score (nSPS) is 10.1. The van der Waals surface area contributed by atoms with Crippen molar-refractivity contribution in [2.24, 2.45) is 0 Å². The van der Waals surface area contributed by atoms with Gasteiger partial charge in [0.1, 0.15) is 0 Å². The van der Waals surface area contributed by atoms with Crippen molar-refractivity contribution in [3.8, 4) is 0 Å². The highest BCUT2D eigenvalue weighted by atomic mass is 16.5. The van der Waals surface area contributed by atoms with Crippen LogP contribution in [0, 0.1) is 0 Å². The number of carbonyl (C=O) groups is 2. The molecule has 0 aromatic heterocycles. The summed E-state index contributed by atoms with van der Waals surface area (Å²) in [7, 11) is 0. The summed E-state index contributed by atoms with van der Waals surface area (Å²) in [5, 5.41) is 2.76. The van der Waals surface area contributed by atoms with Gasteiger partial charge in [0.05, 0.1) is 19.7 Å². The van der Waals surface area contributed by atoms with Crippen LogP contribution in [0.4, 0.5) is 0 Å². The van der Waals surface area contributed by atoms with Crippen molar-refractivity contribution in [1.82, 2.24) is 10.2 Å². The van der Waals surface area contributed by atoms with E-state index in [1.165, 1.54) is 0 Å². The van der Waals surface area contributed by atoms with Crippen LogP contribution in [0.15, 0.2) is 12.7 Å². The maximum atomic E-state index is 11.5. The van der Waals surface area contributed by atoms with Crippen LogP contribution in [0.3, 0.4) is 0 Å². The molecule has 98 valence electrons. The number of carbonyl (C=O) groups excluding carboxylic acids is 2. The fourth-order valence-corrected chi connectivity index (χ4v) is 1.28. The van der Waals surface area contributed by atoms with Crippen molar-refractivity contribution >= 4 is 11.9 Å². The quantitative estimate of drug-likeness (QED) is 0.474. The molecule has 5 nitrogen and oxygen atoms in total. The Morgan fingerprint density at radius 2 is 2.06 bits per heavy atom. The molecule has 0 atom stereocenters. The highest BCUT2D eigenvalue weighted by Gasteiger charge is 2.13. The predicted molar refractivity (Wildman–Crippen MR) is 66.6 cm³/mol. The van der Waals surface area contributed by atoms with E-state index in [0.717, 1.165) is 6.42 Å². The van der Waals surface area contributed by atoms with E-state index in [1.807, 2.05) is 6.92 Å². The van der Waals surface area contributed by atoms with E-state index in [-0.39, 0.29) is 25.0 Å². The summed E-state index contributed by atoms with van der Waals surface area (Å²) in [5.41, 5.74) is 0. The van der Waals surface area contributed by atoms with Crippen LogP contribution in [0.1, 0.15) is 20.3 Å². The SMILES string of the molecule is C=CCN(CC(=O)NCCC)CC(=O)OCC. The molecule has 0 aromatic rings. The molecule has 1 N–H and O–H groups in total. The Morgan fingerprint density at radius 1 is 1.35 bits per heavy atom. The molecule has 0 saturated carbocycles. The highest BCUT2D eigenvalue weighted by molar-refractivity contribution is 5.79. The number of hydrogen-bond donors (Lipinski definition) is 1. The first-order valence-corrected chi connectivity index (χ1v) is 5.89. The third-order valence-electron chi connectivity index (χ3n) is 1.98. The van der Waals surface area contributed by atoms with Gasteiger partial charge in [0, 0.05) is 13.1 Å². The smallest absolute Gasteiger partial charge is 0.320 e. The Balaban J connectivity index is 4.08. The number of ether oxygens (including phenoxy) is 1. The maximum Gasteiger partial charge on any atom is 0.320 e. The summed E-state index contributed by atoms with van der Waals surface area (Å²) >= 11 is 0. The van der Waals surface area contributed by atoms with E-state index in [4.69, 9.17) is 4.74 Å². The lowest BCUT2D eigenvalue weighted by Crippen LogP contribution is -2.40. The van der Waals surface area contributed by atoms with Crippen molar-refractivity contribution < 1.29 is 14.3 Å². The Bertz CT molecular complexity index is 254. The monoisotopic (exact) mass is 242 g/mol. The van der Waals surface area contributed by atoms with E-state index >= 15 is 0 Å². The zero-order valence-electron chi connectivity index (χ0n) is 10.7. The number of nitrogens with zero attached hydrogens (tertiary/aromatic N) is 1. The molecule has 1 amide bonds. The van der Waals surface area contributed by atoms with Gasteiger partial charge in [-0.3, -0.25) is 14.5 Å². The van der Waals surface area contributed by atoms with Gasteiger partial charge in [0.25, 0.3) is 0 Å². The highest BCUT2D eigenvalue weighted by Crippen LogP contribution is 1.91. The van der Waals surface area contributed by atoms with Gasteiger partial charge in [0.15, 0.2) is 0 Å². The number of esters is 1. The standard InChI is InChI=1S/C12H22N2O3/c1-4-7-13-11(15)9-14(8-5-2)10-12(16)17-6-3/h5H,2,4,6-10H2,1,3H3,(H,13,15). The number of nitrogens with one attached hydrogen (secondary N) is 1. The summed E-state index contributed by atoms with van der Waals surface area (Å²) in [6.07, 6.45) is 2.55. The molecule has 17 heavy (non-hydrogen) atoms. The minimum atomic E-state index is -0.322. The van der Waals surface area contributed by atoms with E-state index in [9.17, 15) is 9.59 Å². The fourth-order valence-electron chi connectivity index (χ4n) is 1.28. The van der Waals surface area contributed by atoms with Crippen LogP contribution >= 0.6 is 0 Å². The molecule has 0 spiro atoms. The third kappa shape index (κ3) is 8.45. The van der Waals surface area contributed by atoms with E-state index < -0.39 is 0 Å². The van der Waals surface area contributed by atoms with Crippen LogP contribution in [0.2, 0.25) is 0 Å². The second kappa shape index (κ2) is 9.84. The number of amides is 1. The molecule has 0 aromatic carbocycles. The van der Waals surface area contributed by atoms with Crippen molar-refractivity contribution in [1.29, 1.82) is 0 Å². The minimum Gasteiger partial charge on any atom is -0.465 e. The number of rotatable bonds is 9. The van der Waals surface area contributed by atoms with Crippen molar-refractivity contribution in [3.05, 3.63) is 12.7 Å². The molecule has 0 aliphatic heterocycles. The topological polar surface area (TPSA) is 58.6 Å². The van der Waals surface area contributed by atoms with Gasteiger partial charge in [-0.1, -0.05) is 13.0 Å². The number of hydrogen-bond acceptors (Lipinski definition) is 4. The molecule has 0 heterocycles. The molecule has 5 heteroatoms. The molecule has 0 saturated heterocycles. The molecule has 0 fully saturated rings. The van der Waals surface area contributed by atoms with Crippen LogP contribution in [0.5, 0.6) is 0 Å². The minimum absolute atomic E-state index is 0.0852. The van der Waals surface area contributed by atoms with Gasteiger partial charge in [-0.2, -0.15) is 0 Å². The zero-order chi connectivity index (χ0) is 13.1. The maximum absolute atomic E-state index is 11.5. The lowest BCUT2D eigenvalue weighted by molar-refractivity contribution is -0.144. The average molecular weight is 242 g/mol. The first kappa shape index (κ1) is 15.6. The molecular formula is C12H22N2O3. The zero-order valence-corrected chi connectivity index (χ0v) is 10.7. The first-order valence-electron chi connectivity index (χ1n) is 5.89. The van der Waals surface area contributed by atoms with Crippen LogP contribution < -0.4 is 5.32 Å². The lowest BCUT2D eigenvalue weighted by Gasteiger charge is -2.18. The van der Waals surface area contributed by atoms with Crippen LogP contribution in [0.25, 0.3) is 0 Å². The summed E-state index contributed by atoms with van der Waals surface area (Å²) in [6.45, 7) is 9.12. The molecule has 0 unspecified atom stereocenters. The van der Waals surface area contributed by atoms with Gasteiger partial charge in [0.2, 0.25) is 5.91 Å². The van der Waals surface area contributed by atoms with Gasteiger partial charge in [-0.05, 0) is 13.3 Å². The lowest BCUT2D eigenvalue weighted by atomic mass is 10.4. The Morgan fingerprint density at radius 3 is 2.59 bits per heavy atom. The Hall–Kier alpha value is -1.36. The summed E-state index contributed by atoms with van der Waals surface area (Å²) < 4.78 is 4.83. The average Bonchev–Trinajstić information content (AvgIpc) is 2.27. The first-order chi connectivity index (χ1) is 8.13.